The summed E-state index contributed by atoms with van der Waals surface area (Å²) in [5.74, 6) is 1.17. The molecular weight excluding hydrogens is 971 g/mol. The van der Waals surface area contributed by atoms with Gasteiger partial charge in [-0.2, -0.15) is 0 Å². The Hall–Kier alpha value is -6.64. The zero-order chi connectivity index (χ0) is 50.2. The molecule has 5 aromatic heterocycles. The highest BCUT2D eigenvalue weighted by molar-refractivity contribution is 7.13. The van der Waals surface area contributed by atoms with E-state index in [0.29, 0.717) is 75.6 Å². The number of ether oxygens (including phenoxy) is 3. The summed E-state index contributed by atoms with van der Waals surface area (Å²) < 4.78 is 74.2. The van der Waals surface area contributed by atoms with Crippen molar-refractivity contribution in [1.29, 1.82) is 0 Å². The summed E-state index contributed by atoms with van der Waals surface area (Å²) in [5, 5.41) is 12.2. The van der Waals surface area contributed by atoms with Crippen molar-refractivity contribution in [3.63, 3.8) is 0 Å². The van der Waals surface area contributed by atoms with E-state index in [2.05, 4.69) is 35.6 Å². The fraction of sp³-hybridized carbons (Fsp3) is 0.385. The Labute approximate surface area is 420 Å². The zero-order valence-corrected chi connectivity index (χ0v) is 41.6. The number of hydrogen-bond acceptors (Lipinski definition) is 15. The number of carbonyl (C=O) groups is 2. The Bertz CT molecular complexity index is 3210. The van der Waals surface area contributed by atoms with Gasteiger partial charge in [0.2, 0.25) is 0 Å². The number of rotatable bonds is 17. The highest BCUT2D eigenvalue weighted by atomic mass is 32.1. The quantitative estimate of drug-likeness (QED) is 0.0830. The maximum atomic E-state index is 14.3. The first-order valence-electron chi connectivity index (χ1n) is 23.8. The zero-order valence-electron chi connectivity index (χ0n) is 39.9. The minimum absolute atomic E-state index is 0.0251. The molecule has 2 N–H and O–H groups in total. The molecule has 11 rings (SSSR count). The minimum atomic E-state index is -2.82. The van der Waals surface area contributed by atoms with E-state index in [1.807, 2.05) is 61.0 Å². The number of imidazole rings is 1. The fourth-order valence-electron chi connectivity index (χ4n) is 9.00. The molecule has 20 heteroatoms. The van der Waals surface area contributed by atoms with Crippen LogP contribution in [0.5, 0.6) is 11.5 Å². The Morgan fingerprint density at radius 1 is 0.722 bits per heavy atom. The van der Waals surface area contributed by atoms with E-state index in [1.54, 1.807) is 26.4 Å². The molecule has 0 bridgehead atoms. The molecule has 3 fully saturated rings. The molecule has 4 aliphatic rings. The van der Waals surface area contributed by atoms with E-state index >= 15 is 0 Å². The lowest BCUT2D eigenvalue weighted by atomic mass is 10.1. The van der Waals surface area contributed by atoms with Crippen LogP contribution in [0.3, 0.4) is 0 Å². The van der Waals surface area contributed by atoms with Gasteiger partial charge in [-0.05, 0) is 95.2 Å². The van der Waals surface area contributed by atoms with E-state index in [9.17, 15) is 27.2 Å². The summed E-state index contributed by atoms with van der Waals surface area (Å²) in [6.45, 7) is 4.34. The van der Waals surface area contributed by atoms with E-state index in [0.717, 1.165) is 71.1 Å². The number of methoxy groups -OCH3 is 2. The Morgan fingerprint density at radius 2 is 1.29 bits per heavy atom. The molecule has 2 aliphatic heterocycles. The highest BCUT2D eigenvalue weighted by Gasteiger charge is 2.34. The molecule has 14 nitrogen and oxygen atoms in total. The number of Topliss-reactive ketones (excluding diaryl/α,β-unsaturated/α-hetero) is 2. The van der Waals surface area contributed by atoms with Gasteiger partial charge in [0, 0.05) is 59.9 Å². The number of para-hydroxylation sites is 2. The van der Waals surface area contributed by atoms with E-state index < -0.39 is 24.9 Å². The number of anilines is 4. The van der Waals surface area contributed by atoms with Gasteiger partial charge < -0.3 is 24.8 Å². The third-order valence-corrected chi connectivity index (χ3v) is 14.8. The van der Waals surface area contributed by atoms with Gasteiger partial charge in [-0.1, -0.05) is 12.1 Å². The second-order valence-electron chi connectivity index (χ2n) is 18.3. The number of aromatic nitrogens is 6. The number of thiazole rings is 2. The molecule has 0 spiro atoms. The topological polar surface area (TPSA) is 168 Å². The Balaban J connectivity index is 0.000000168. The number of ketones is 2. The van der Waals surface area contributed by atoms with Crippen LogP contribution in [0.15, 0.2) is 64.3 Å². The van der Waals surface area contributed by atoms with E-state index in [-0.39, 0.29) is 54.0 Å². The summed E-state index contributed by atoms with van der Waals surface area (Å²) in [6, 6.07) is 14.8. The first-order valence-corrected chi connectivity index (χ1v) is 25.6. The monoisotopic (exact) mass is 1020 g/mol. The van der Waals surface area contributed by atoms with Gasteiger partial charge in [0.1, 0.15) is 39.0 Å². The molecule has 72 heavy (non-hydrogen) atoms. The van der Waals surface area contributed by atoms with Crippen LogP contribution in [0.25, 0.3) is 32.3 Å². The van der Waals surface area contributed by atoms with Gasteiger partial charge in [-0.3, -0.25) is 19.1 Å². The minimum Gasteiger partial charge on any atom is -0.494 e. The lowest BCUT2D eigenvalue weighted by Crippen LogP contribution is -2.21. The standard InChI is InChI=1S/C28H29F2N5O3S.C24H22F2N4O2S/c1-15-14-39-28(31-15)18-6-5-7-19(24(18)37-2)33-20-12-17(13-21(36)16-9-10-16)32-26-23(20)34-27(25(29)30)35(26)22-8-3-4-11-38-22;1-12-11-33-24(27-12)15-4-3-5-16(22(15)32-2)29-17-8-14(9-20(31)13-6-7-13)28-18-10-19(23(25)26)30-21(17)18/h5-7,12,14,16,22,25H,3-4,8-11,13H2,1-2H3,(H,32,33);3-5,8,11,13,23H,6-7,9-10H2,1-2H3,(H,28,29). The molecule has 0 amide bonds. The molecule has 1 atom stereocenters. The normalized spacial score (nSPS) is 16.4. The number of aryl methyl sites for hydroxylation is 2. The van der Waals surface area contributed by atoms with Crippen LogP contribution in [-0.4, -0.2) is 74.0 Å². The third-order valence-electron chi connectivity index (χ3n) is 12.8. The van der Waals surface area contributed by atoms with Crippen LogP contribution in [0.2, 0.25) is 0 Å². The second-order valence-corrected chi connectivity index (χ2v) is 20.0. The summed E-state index contributed by atoms with van der Waals surface area (Å²) in [6.07, 6.45) is 0.141. The molecule has 1 unspecified atom stereocenters. The van der Waals surface area contributed by atoms with E-state index in [4.69, 9.17) is 19.2 Å². The van der Waals surface area contributed by atoms with Crippen molar-refractivity contribution < 1.29 is 41.4 Å². The summed E-state index contributed by atoms with van der Waals surface area (Å²) >= 11 is 3.03. The Kier molecular flexibility index (Phi) is 14.2. The number of benzene rings is 2. The van der Waals surface area contributed by atoms with Gasteiger partial charge in [0.25, 0.3) is 12.9 Å². The van der Waals surface area contributed by atoms with Crippen LogP contribution in [0.4, 0.5) is 46.0 Å². The van der Waals surface area contributed by atoms with Crippen LogP contribution >= 0.6 is 22.7 Å². The summed E-state index contributed by atoms with van der Waals surface area (Å²) in [7, 11) is 3.16. The van der Waals surface area contributed by atoms with Crippen molar-refractivity contribution in [2.24, 2.45) is 16.8 Å². The van der Waals surface area contributed by atoms with Gasteiger partial charge in [-0.25, -0.2) is 42.5 Å². The second kappa shape index (κ2) is 20.8. The van der Waals surface area contributed by atoms with E-state index in [1.165, 1.54) is 27.2 Å². The summed E-state index contributed by atoms with van der Waals surface area (Å²) in [5.41, 5.74) is 7.99. The maximum Gasteiger partial charge on any atom is 0.295 e. The predicted octanol–water partition coefficient (Wildman–Crippen LogP) is 12.5. The van der Waals surface area contributed by atoms with Gasteiger partial charge in [-0.15, -0.1) is 22.7 Å². The predicted molar refractivity (Wildman–Crippen MR) is 269 cm³/mol. The van der Waals surface area contributed by atoms with Crippen molar-refractivity contribution in [2.75, 3.05) is 31.5 Å². The average Bonchev–Trinajstić information content (AvgIpc) is 4.23. The highest BCUT2D eigenvalue weighted by Crippen LogP contribution is 2.45. The Morgan fingerprint density at radius 3 is 1.79 bits per heavy atom. The molecule has 2 saturated carbocycles. The number of halogens is 4. The number of hydrogen-bond donors (Lipinski definition) is 2. The molecule has 374 valence electrons. The van der Waals surface area contributed by atoms with Gasteiger partial charge in [0.15, 0.2) is 23.0 Å². The van der Waals surface area contributed by atoms with Crippen LogP contribution in [0, 0.1) is 25.7 Å². The van der Waals surface area contributed by atoms with Crippen molar-refractivity contribution in [1.82, 2.24) is 29.5 Å². The molecule has 7 heterocycles. The molecule has 2 aromatic carbocycles. The molecule has 7 aromatic rings. The number of aliphatic imine (C=N–C) groups is 1. The maximum absolute atomic E-state index is 14.3. The average molecular weight is 1020 g/mol. The molecule has 1 saturated heterocycles. The van der Waals surface area contributed by atoms with Crippen LogP contribution in [0.1, 0.15) is 91.9 Å². The number of alkyl halides is 4. The lowest BCUT2D eigenvalue weighted by Gasteiger charge is -2.25. The number of nitrogens with zero attached hydrogens (tertiary/aromatic N) is 7. The lowest BCUT2D eigenvalue weighted by molar-refractivity contribution is -0.120. The van der Waals surface area contributed by atoms with Crippen LogP contribution < -0.4 is 20.1 Å². The number of carbonyl (C=O) groups excluding carboxylic acids is 2. The third kappa shape index (κ3) is 10.5. The smallest absolute Gasteiger partial charge is 0.295 e. The van der Waals surface area contributed by atoms with Crippen molar-refractivity contribution in [3.05, 3.63) is 93.6 Å². The van der Waals surface area contributed by atoms with Crippen molar-refractivity contribution >= 4 is 79.6 Å². The first kappa shape index (κ1) is 49.0. The first-order chi connectivity index (χ1) is 34.8. The summed E-state index contributed by atoms with van der Waals surface area (Å²) in [4.78, 5) is 52.0. The molecule has 0 radical (unpaired) electrons. The van der Waals surface area contributed by atoms with Crippen LogP contribution in [-0.2, 0) is 33.6 Å². The van der Waals surface area contributed by atoms with Crippen molar-refractivity contribution in [2.45, 2.75) is 97.1 Å². The van der Waals surface area contributed by atoms with Crippen molar-refractivity contribution in [3.8, 4) is 32.6 Å². The number of nitrogens with one attached hydrogen (secondary N) is 2. The largest absolute Gasteiger partial charge is 0.494 e. The molecule has 2 aliphatic carbocycles. The fourth-order valence-corrected chi connectivity index (χ4v) is 10.6. The van der Waals surface area contributed by atoms with Gasteiger partial charge in [0.05, 0.1) is 70.9 Å². The SMILES string of the molecule is COc1c(Nc2cc(CC(=O)C3CC3)nc3c2N=C(C(F)F)C3)cccc1-c1nc(C)cs1.COc1c(Nc2cc(CC(=O)C3CC3)nc3c2nc(C(F)F)n3C2CCCCO2)cccc1-c1nc(C)cs1. The van der Waals surface area contributed by atoms with Gasteiger partial charge >= 0.3 is 0 Å². The molecular formula is C52H51F4N9O5S2. The number of pyridine rings is 2. The number of fused-ring (bicyclic) bond motifs is 2.